The molecule has 154 valence electrons. The summed E-state index contributed by atoms with van der Waals surface area (Å²) in [5, 5.41) is 3.40. The summed E-state index contributed by atoms with van der Waals surface area (Å²) in [6.07, 6.45) is 1.81. The van der Waals surface area contributed by atoms with Crippen LogP contribution in [0.15, 0.2) is 54.7 Å². The number of hydrogen-bond donors (Lipinski definition) is 3. The number of aryl methyl sites for hydroxylation is 1. The third-order valence-electron chi connectivity index (χ3n) is 5.86. The van der Waals surface area contributed by atoms with Gasteiger partial charge in [0.15, 0.2) is 5.82 Å². The monoisotopic (exact) mass is 409 g/mol. The fourth-order valence-corrected chi connectivity index (χ4v) is 4.20. The number of aromatic nitrogens is 5. The van der Waals surface area contributed by atoms with E-state index in [1.165, 1.54) is 5.69 Å². The molecule has 5 aromatic rings. The van der Waals surface area contributed by atoms with E-state index in [0.717, 1.165) is 76.7 Å². The molecule has 7 heteroatoms. The summed E-state index contributed by atoms with van der Waals surface area (Å²) in [4.78, 5) is 23.3. The van der Waals surface area contributed by atoms with Gasteiger partial charge in [-0.05, 0) is 61.0 Å². The van der Waals surface area contributed by atoms with Crippen molar-refractivity contribution in [3.05, 3.63) is 60.3 Å². The lowest BCUT2D eigenvalue weighted by atomic mass is 10.2. The second-order valence-electron chi connectivity index (χ2n) is 8.06. The summed E-state index contributed by atoms with van der Waals surface area (Å²) < 4.78 is 0. The van der Waals surface area contributed by atoms with E-state index in [1.54, 1.807) is 0 Å². The van der Waals surface area contributed by atoms with Gasteiger partial charge in [0.05, 0.1) is 22.1 Å². The van der Waals surface area contributed by atoms with Crippen molar-refractivity contribution >= 4 is 27.8 Å². The Balaban J connectivity index is 1.35. The first-order chi connectivity index (χ1) is 15.2. The molecule has 31 heavy (non-hydrogen) atoms. The minimum Gasteiger partial charge on any atom is -0.369 e. The van der Waals surface area contributed by atoms with E-state index in [4.69, 9.17) is 9.97 Å². The SMILES string of the molecule is Cc1ccnc(-c2nc3ccc(-c4nc5ccc(N6CCNCC6)cc5[nH]4)cc3[nH]2)c1. The van der Waals surface area contributed by atoms with Gasteiger partial charge in [0.1, 0.15) is 11.5 Å². The van der Waals surface area contributed by atoms with Gasteiger partial charge in [-0.15, -0.1) is 0 Å². The molecule has 0 spiro atoms. The first-order valence-electron chi connectivity index (χ1n) is 10.6. The highest BCUT2D eigenvalue weighted by Gasteiger charge is 2.13. The summed E-state index contributed by atoms with van der Waals surface area (Å²) in [5.41, 5.74) is 8.19. The number of nitrogens with zero attached hydrogens (tertiary/aromatic N) is 4. The summed E-state index contributed by atoms with van der Waals surface area (Å²) >= 11 is 0. The fourth-order valence-electron chi connectivity index (χ4n) is 4.20. The number of nitrogens with one attached hydrogen (secondary N) is 3. The van der Waals surface area contributed by atoms with Crippen LogP contribution in [0.2, 0.25) is 0 Å². The molecule has 0 bridgehead atoms. The van der Waals surface area contributed by atoms with Gasteiger partial charge in [0.25, 0.3) is 0 Å². The zero-order chi connectivity index (χ0) is 20.8. The average Bonchev–Trinajstić information content (AvgIpc) is 3.43. The molecule has 3 N–H and O–H groups in total. The van der Waals surface area contributed by atoms with Gasteiger partial charge in [-0.25, -0.2) is 9.97 Å². The highest BCUT2D eigenvalue weighted by atomic mass is 15.2. The molecule has 0 aliphatic carbocycles. The molecule has 0 atom stereocenters. The van der Waals surface area contributed by atoms with Crippen LogP contribution in [0.25, 0.3) is 45.0 Å². The fraction of sp³-hybridized carbons (Fsp3) is 0.208. The van der Waals surface area contributed by atoms with E-state index in [9.17, 15) is 0 Å². The molecule has 3 aromatic heterocycles. The third-order valence-corrected chi connectivity index (χ3v) is 5.86. The number of aromatic amines is 2. The Morgan fingerprint density at radius 3 is 2.39 bits per heavy atom. The lowest BCUT2D eigenvalue weighted by molar-refractivity contribution is 0.589. The van der Waals surface area contributed by atoms with Gasteiger partial charge in [0, 0.05) is 43.6 Å². The predicted molar refractivity (Wildman–Crippen MR) is 124 cm³/mol. The lowest BCUT2D eigenvalue weighted by Crippen LogP contribution is -2.43. The van der Waals surface area contributed by atoms with Gasteiger partial charge >= 0.3 is 0 Å². The Morgan fingerprint density at radius 1 is 0.806 bits per heavy atom. The molecule has 7 nitrogen and oxygen atoms in total. The minimum absolute atomic E-state index is 0.779. The van der Waals surface area contributed by atoms with Crippen molar-refractivity contribution in [3.8, 4) is 22.9 Å². The van der Waals surface area contributed by atoms with Crippen LogP contribution >= 0.6 is 0 Å². The van der Waals surface area contributed by atoms with E-state index in [-0.39, 0.29) is 0 Å². The van der Waals surface area contributed by atoms with Gasteiger partial charge in [-0.3, -0.25) is 4.98 Å². The number of pyridine rings is 1. The molecule has 0 saturated carbocycles. The number of anilines is 1. The summed E-state index contributed by atoms with van der Waals surface area (Å²) in [5.74, 6) is 1.64. The topological polar surface area (TPSA) is 85.5 Å². The first kappa shape index (κ1) is 18.1. The van der Waals surface area contributed by atoms with E-state index in [2.05, 4.69) is 62.4 Å². The highest BCUT2D eigenvalue weighted by molar-refractivity contribution is 5.86. The molecule has 1 saturated heterocycles. The second kappa shape index (κ2) is 7.21. The molecule has 4 heterocycles. The summed E-state index contributed by atoms with van der Waals surface area (Å²) in [7, 11) is 0. The van der Waals surface area contributed by atoms with Crippen molar-refractivity contribution in [1.82, 2.24) is 30.2 Å². The number of hydrogen-bond acceptors (Lipinski definition) is 5. The second-order valence-corrected chi connectivity index (χ2v) is 8.06. The number of H-pyrrole nitrogens is 2. The van der Waals surface area contributed by atoms with Gasteiger partial charge in [-0.2, -0.15) is 0 Å². The molecule has 1 aliphatic heterocycles. The Morgan fingerprint density at radius 2 is 1.55 bits per heavy atom. The van der Waals surface area contributed by atoms with E-state index in [1.807, 2.05) is 24.4 Å². The molecular weight excluding hydrogens is 386 g/mol. The van der Waals surface area contributed by atoms with Gasteiger partial charge < -0.3 is 20.2 Å². The van der Waals surface area contributed by atoms with E-state index >= 15 is 0 Å². The standard InChI is InChI=1S/C24H23N7/c1-15-6-7-26-22(12-15)24-28-18-4-2-16(13-20(18)30-24)23-27-19-5-3-17(14-21(19)29-23)31-10-8-25-9-11-31/h2-7,12-14,25H,8-11H2,1H3,(H,27,29)(H,28,30). The van der Waals surface area contributed by atoms with Crippen molar-refractivity contribution in [2.24, 2.45) is 0 Å². The molecule has 6 rings (SSSR count). The van der Waals surface area contributed by atoms with Crippen molar-refractivity contribution in [2.45, 2.75) is 6.92 Å². The number of imidazole rings is 2. The third kappa shape index (κ3) is 3.33. The van der Waals surface area contributed by atoms with Crippen LogP contribution in [0, 0.1) is 6.92 Å². The van der Waals surface area contributed by atoms with E-state index < -0.39 is 0 Å². The van der Waals surface area contributed by atoms with Crippen LogP contribution in [0.1, 0.15) is 5.56 Å². The van der Waals surface area contributed by atoms with Crippen molar-refractivity contribution in [3.63, 3.8) is 0 Å². The first-order valence-corrected chi connectivity index (χ1v) is 10.6. The number of rotatable bonds is 3. The Labute approximate surface area is 179 Å². The number of piperazine rings is 1. The molecule has 2 aromatic carbocycles. The molecule has 1 aliphatic rings. The van der Waals surface area contributed by atoms with Crippen LogP contribution in [-0.4, -0.2) is 51.1 Å². The molecule has 0 amide bonds. The zero-order valence-electron chi connectivity index (χ0n) is 17.3. The molecule has 0 unspecified atom stereocenters. The van der Waals surface area contributed by atoms with Crippen LogP contribution in [0.4, 0.5) is 5.69 Å². The largest absolute Gasteiger partial charge is 0.369 e. The van der Waals surface area contributed by atoms with Crippen molar-refractivity contribution in [2.75, 3.05) is 31.1 Å². The summed E-state index contributed by atoms with van der Waals surface area (Å²) in [6, 6.07) is 16.7. The van der Waals surface area contributed by atoms with Gasteiger partial charge in [0.2, 0.25) is 0 Å². The van der Waals surface area contributed by atoms with Crippen molar-refractivity contribution < 1.29 is 0 Å². The van der Waals surface area contributed by atoms with Crippen LogP contribution in [0.5, 0.6) is 0 Å². The highest BCUT2D eigenvalue weighted by Crippen LogP contribution is 2.27. The normalized spacial score (nSPS) is 14.5. The Bertz CT molecular complexity index is 1390. The zero-order valence-corrected chi connectivity index (χ0v) is 17.3. The summed E-state index contributed by atoms with van der Waals surface area (Å²) in [6.45, 7) is 6.16. The Kier molecular flexibility index (Phi) is 4.21. The van der Waals surface area contributed by atoms with E-state index in [0.29, 0.717) is 0 Å². The maximum Gasteiger partial charge on any atom is 0.157 e. The predicted octanol–water partition coefficient (Wildman–Crippen LogP) is 3.89. The molecule has 0 radical (unpaired) electrons. The lowest BCUT2D eigenvalue weighted by Gasteiger charge is -2.29. The van der Waals surface area contributed by atoms with Crippen LogP contribution in [0.3, 0.4) is 0 Å². The number of fused-ring (bicyclic) bond motifs is 2. The Hall–Kier alpha value is -3.71. The quantitative estimate of drug-likeness (QED) is 0.421. The van der Waals surface area contributed by atoms with Crippen LogP contribution < -0.4 is 10.2 Å². The maximum atomic E-state index is 4.82. The van der Waals surface area contributed by atoms with Gasteiger partial charge in [-0.1, -0.05) is 0 Å². The van der Waals surface area contributed by atoms with Crippen molar-refractivity contribution in [1.29, 1.82) is 0 Å². The number of benzene rings is 2. The maximum absolute atomic E-state index is 4.82. The molecular formula is C24H23N7. The minimum atomic E-state index is 0.779. The van der Waals surface area contributed by atoms with Crippen LogP contribution in [-0.2, 0) is 0 Å². The average molecular weight is 409 g/mol. The smallest absolute Gasteiger partial charge is 0.157 e. The molecule has 1 fully saturated rings.